The lowest BCUT2D eigenvalue weighted by Gasteiger charge is -2.40. The topological polar surface area (TPSA) is 91.2 Å². The first kappa shape index (κ1) is 13.5. The molecule has 2 amide bonds. The van der Waals surface area contributed by atoms with E-state index in [1.807, 2.05) is 12.1 Å². The number of hydrogen-bond donors (Lipinski definition) is 3. The highest BCUT2D eigenvalue weighted by molar-refractivity contribution is 6.03. The van der Waals surface area contributed by atoms with Gasteiger partial charge in [-0.25, -0.2) is 0 Å². The summed E-state index contributed by atoms with van der Waals surface area (Å²) in [5.41, 5.74) is 6.84. The summed E-state index contributed by atoms with van der Waals surface area (Å²) < 4.78 is 0. The summed E-state index contributed by atoms with van der Waals surface area (Å²) in [5.74, 6) is -0.330. The predicted molar refractivity (Wildman–Crippen MR) is 80.8 cm³/mol. The van der Waals surface area contributed by atoms with Gasteiger partial charge in [0.05, 0.1) is 11.2 Å². The molecule has 0 aliphatic carbocycles. The van der Waals surface area contributed by atoms with Crippen LogP contribution in [-0.2, 0) is 4.79 Å². The molecule has 1 aromatic carbocycles. The summed E-state index contributed by atoms with van der Waals surface area (Å²) in [6.45, 7) is 4.45. The monoisotopic (exact) mass is 286 g/mol. The highest BCUT2D eigenvalue weighted by Gasteiger charge is 2.41. The van der Waals surface area contributed by atoms with Crippen molar-refractivity contribution in [2.75, 3.05) is 18.8 Å². The molecule has 2 heterocycles. The minimum absolute atomic E-state index is 0.141. The van der Waals surface area contributed by atoms with E-state index < -0.39 is 5.54 Å². The van der Waals surface area contributed by atoms with Gasteiger partial charge in [-0.05, 0) is 26.0 Å². The maximum absolute atomic E-state index is 12.7. The maximum atomic E-state index is 12.7. The summed E-state index contributed by atoms with van der Waals surface area (Å²) in [7, 11) is 0. The molecular weight excluding hydrogens is 268 g/mol. The molecule has 0 saturated carbocycles. The number of piperazine rings is 1. The van der Waals surface area contributed by atoms with Gasteiger partial charge in [-0.2, -0.15) is 0 Å². The second-order valence-corrected chi connectivity index (χ2v) is 5.77. The predicted octanol–water partition coefficient (Wildman–Crippen LogP) is 1.10. The number of aromatic amines is 1. The first-order valence-corrected chi connectivity index (χ1v) is 6.89. The van der Waals surface area contributed by atoms with Gasteiger partial charge in [0.2, 0.25) is 5.91 Å². The van der Waals surface area contributed by atoms with Crippen molar-refractivity contribution >= 4 is 28.4 Å². The van der Waals surface area contributed by atoms with E-state index in [4.69, 9.17) is 5.73 Å². The number of rotatable bonds is 1. The standard InChI is InChI=1S/C15H18N4O2/c1-15(2)14(21)17-6-7-19(15)13(20)11-8-9-4-3-5-10(16)12(9)18-11/h3-5,8,18H,6-7,16H2,1-2H3,(H,17,21). The van der Waals surface area contributed by atoms with Gasteiger partial charge in [-0.15, -0.1) is 0 Å². The van der Waals surface area contributed by atoms with Gasteiger partial charge >= 0.3 is 0 Å². The molecule has 4 N–H and O–H groups in total. The number of nitrogens with one attached hydrogen (secondary N) is 2. The Kier molecular flexibility index (Phi) is 2.90. The Balaban J connectivity index is 2.00. The number of para-hydroxylation sites is 1. The molecule has 1 fully saturated rings. The van der Waals surface area contributed by atoms with Gasteiger partial charge in [0, 0.05) is 18.5 Å². The molecule has 2 aromatic rings. The molecule has 3 rings (SSSR count). The number of hydrogen-bond acceptors (Lipinski definition) is 3. The van der Waals surface area contributed by atoms with Gasteiger partial charge in [-0.3, -0.25) is 9.59 Å². The third-order valence-corrected chi connectivity index (χ3v) is 4.02. The fraction of sp³-hybridized carbons (Fsp3) is 0.333. The van der Waals surface area contributed by atoms with Crippen molar-refractivity contribution < 1.29 is 9.59 Å². The van der Waals surface area contributed by atoms with E-state index in [2.05, 4.69) is 10.3 Å². The summed E-state index contributed by atoms with van der Waals surface area (Å²) in [6.07, 6.45) is 0. The Morgan fingerprint density at radius 1 is 1.38 bits per heavy atom. The molecule has 6 nitrogen and oxygen atoms in total. The lowest BCUT2D eigenvalue weighted by atomic mass is 9.98. The second-order valence-electron chi connectivity index (χ2n) is 5.77. The molecule has 0 radical (unpaired) electrons. The highest BCUT2D eigenvalue weighted by Crippen LogP contribution is 2.25. The number of carbonyl (C=O) groups excluding carboxylic acids is 2. The quantitative estimate of drug-likeness (QED) is 0.686. The van der Waals surface area contributed by atoms with Gasteiger partial charge in [-0.1, -0.05) is 12.1 Å². The molecule has 1 aromatic heterocycles. The van der Waals surface area contributed by atoms with Crippen molar-refractivity contribution in [3.8, 4) is 0 Å². The van der Waals surface area contributed by atoms with Crippen LogP contribution in [0.25, 0.3) is 10.9 Å². The average Bonchev–Trinajstić information content (AvgIpc) is 2.87. The lowest BCUT2D eigenvalue weighted by Crippen LogP contribution is -2.63. The average molecular weight is 286 g/mol. The Hall–Kier alpha value is -2.50. The zero-order valence-electron chi connectivity index (χ0n) is 12.1. The van der Waals surface area contributed by atoms with Gasteiger partial charge in [0.25, 0.3) is 5.91 Å². The fourth-order valence-electron chi connectivity index (χ4n) is 2.70. The SMILES string of the molecule is CC1(C)C(=O)NCCN1C(=O)c1cc2cccc(N)c2[nH]1. The van der Waals surface area contributed by atoms with Crippen LogP contribution in [0.1, 0.15) is 24.3 Å². The van der Waals surface area contributed by atoms with Crippen molar-refractivity contribution in [3.63, 3.8) is 0 Å². The van der Waals surface area contributed by atoms with Crippen LogP contribution in [-0.4, -0.2) is 40.3 Å². The molecule has 110 valence electrons. The van der Waals surface area contributed by atoms with Gasteiger partial charge in [0.1, 0.15) is 11.2 Å². The number of H-pyrrole nitrogens is 1. The molecule has 0 atom stereocenters. The minimum atomic E-state index is -0.863. The molecular formula is C15H18N4O2. The van der Waals surface area contributed by atoms with Crippen LogP contribution in [0.15, 0.2) is 24.3 Å². The molecule has 1 aliphatic rings. The summed E-state index contributed by atoms with van der Waals surface area (Å²) in [5, 5.41) is 3.67. The number of aromatic nitrogens is 1. The van der Waals surface area contributed by atoms with Crippen molar-refractivity contribution in [2.24, 2.45) is 0 Å². The Morgan fingerprint density at radius 3 is 2.86 bits per heavy atom. The molecule has 21 heavy (non-hydrogen) atoms. The van der Waals surface area contributed by atoms with Crippen molar-refractivity contribution in [2.45, 2.75) is 19.4 Å². The summed E-state index contributed by atoms with van der Waals surface area (Å²) in [6, 6.07) is 7.30. The number of amides is 2. The van der Waals surface area contributed by atoms with Crippen LogP contribution in [0.4, 0.5) is 5.69 Å². The number of benzene rings is 1. The normalized spacial score (nSPS) is 17.8. The zero-order chi connectivity index (χ0) is 15.2. The Morgan fingerprint density at radius 2 is 2.14 bits per heavy atom. The van der Waals surface area contributed by atoms with E-state index in [-0.39, 0.29) is 11.8 Å². The van der Waals surface area contributed by atoms with E-state index >= 15 is 0 Å². The largest absolute Gasteiger partial charge is 0.397 e. The summed E-state index contributed by atoms with van der Waals surface area (Å²) in [4.78, 5) is 29.3. The van der Waals surface area contributed by atoms with Crippen LogP contribution in [0, 0.1) is 0 Å². The zero-order valence-corrected chi connectivity index (χ0v) is 12.1. The lowest BCUT2D eigenvalue weighted by molar-refractivity contribution is -0.133. The number of nitrogens with zero attached hydrogens (tertiary/aromatic N) is 1. The number of fused-ring (bicyclic) bond motifs is 1. The van der Waals surface area contributed by atoms with Crippen LogP contribution in [0.3, 0.4) is 0 Å². The third-order valence-electron chi connectivity index (χ3n) is 4.02. The van der Waals surface area contributed by atoms with E-state index in [0.717, 1.165) is 10.9 Å². The maximum Gasteiger partial charge on any atom is 0.271 e. The van der Waals surface area contributed by atoms with E-state index in [9.17, 15) is 9.59 Å². The second kappa shape index (κ2) is 4.51. The third kappa shape index (κ3) is 2.03. The molecule has 1 saturated heterocycles. The summed E-state index contributed by atoms with van der Waals surface area (Å²) >= 11 is 0. The highest BCUT2D eigenvalue weighted by atomic mass is 16.2. The van der Waals surface area contributed by atoms with Crippen LogP contribution in [0.2, 0.25) is 0 Å². The van der Waals surface area contributed by atoms with E-state index in [0.29, 0.717) is 24.5 Å². The number of carbonyl (C=O) groups is 2. The van der Waals surface area contributed by atoms with E-state index in [1.54, 1.807) is 30.9 Å². The molecule has 6 heteroatoms. The Labute approximate surface area is 122 Å². The molecule has 0 spiro atoms. The number of nitrogens with two attached hydrogens (primary N) is 1. The van der Waals surface area contributed by atoms with Crippen LogP contribution in [0.5, 0.6) is 0 Å². The molecule has 0 unspecified atom stereocenters. The number of nitrogen functional groups attached to an aromatic ring is 1. The van der Waals surface area contributed by atoms with Crippen molar-refractivity contribution in [1.82, 2.24) is 15.2 Å². The number of anilines is 1. The van der Waals surface area contributed by atoms with Gasteiger partial charge < -0.3 is 20.9 Å². The van der Waals surface area contributed by atoms with Crippen molar-refractivity contribution in [1.29, 1.82) is 0 Å². The minimum Gasteiger partial charge on any atom is -0.397 e. The van der Waals surface area contributed by atoms with Crippen LogP contribution >= 0.6 is 0 Å². The first-order valence-electron chi connectivity index (χ1n) is 6.89. The van der Waals surface area contributed by atoms with Crippen LogP contribution < -0.4 is 11.1 Å². The van der Waals surface area contributed by atoms with E-state index in [1.165, 1.54) is 0 Å². The molecule has 0 bridgehead atoms. The first-order chi connectivity index (χ1) is 9.91. The Bertz CT molecular complexity index is 732. The smallest absolute Gasteiger partial charge is 0.271 e. The molecule has 1 aliphatic heterocycles. The van der Waals surface area contributed by atoms with Crippen molar-refractivity contribution in [3.05, 3.63) is 30.0 Å². The van der Waals surface area contributed by atoms with Gasteiger partial charge in [0.15, 0.2) is 0 Å². The fourth-order valence-corrected chi connectivity index (χ4v) is 2.70.